The number of nitrogens with zero attached hydrogens (tertiary/aromatic N) is 1. The van der Waals surface area contributed by atoms with Gasteiger partial charge in [-0.25, -0.2) is 0 Å². The van der Waals surface area contributed by atoms with Crippen molar-refractivity contribution >= 4 is 5.69 Å². The Bertz CT molecular complexity index is 395. The first-order chi connectivity index (χ1) is 6.72. The van der Waals surface area contributed by atoms with E-state index in [-0.39, 0.29) is 6.04 Å². The van der Waals surface area contributed by atoms with Crippen molar-refractivity contribution < 1.29 is 4.74 Å². The second-order valence-electron chi connectivity index (χ2n) is 3.55. The van der Waals surface area contributed by atoms with E-state index >= 15 is 0 Å². The summed E-state index contributed by atoms with van der Waals surface area (Å²) in [6, 6.07) is 8.00. The van der Waals surface area contributed by atoms with Crippen LogP contribution in [0.3, 0.4) is 0 Å². The number of fused-ring (bicyclic) bond motifs is 1. The molecule has 0 aromatic heterocycles. The molecule has 3 nitrogen and oxygen atoms in total. The molecular formula is C11H12N2O. The summed E-state index contributed by atoms with van der Waals surface area (Å²) in [5, 5.41) is 12.1. The Hall–Kier alpha value is -1.69. The Morgan fingerprint density at radius 3 is 3.00 bits per heavy atom. The maximum absolute atomic E-state index is 8.84. The van der Waals surface area contributed by atoms with Gasteiger partial charge < -0.3 is 10.1 Å². The number of anilines is 1. The van der Waals surface area contributed by atoms with E-state index in [0.717, 1.165) is 17.0 Å². The van der Waals surface area contributed by atoms with Crippen molar-refractivity contribution in [1.29, 1.82) is 5.26 Å². The van der Waals surface area contributed by atoms with Crippen LogP contribution in [0.1, 0.15) is 12.5 Å². The molecule has 2 atom stereocenters. The molecule has 0 saturated carbocycles. The smallest absolute Gasteiger partial charge is 0.204 e. The molecular weight excluding hydrogens is 176 g/mol. The predicted molar refractivity (Wildman–Crippen MR) is 54.3 cm³/mol. The van der Waals surface area contributed by atoms with Crippen molar-refractivity contribution in [3.05, 3.63) is 23.8 Å². The van der Waals surface area contributed by atoms with Crippen LogP contribution in [0, 0.1) is 18.3 Å². The summed E-state index contributed by atoms with van der Waals surface area (Å²) in [5.74, 6) is 0.773. The van der Waals surface area contributed by atoms with Crippen molar-refractivity contribution in [2.24, 2.45) is 0 Å². The van der Waals surface area contributed by atoms with Crippen LogP contribution in [-0.2, 0) is 0 Å². The van der Waals surface area contributed by atoms with Crippen molar-refractivity contribution in [3.63, 3.8) is 0 Å². The Kier molecular flexibility index (Phi) is 2.05. The van der Waals surface area contributed by atoms with Crippen LogP contribution in [-0.4, -0.2) is 12.1 Å². The van der Waals surface area contributed by atoms with E-state index in [2.05, 4.69) is 11.4 Å². The summed E-state index contributed by atoms with van der Waals surface area (Å²) < 4.78 is 5.55. The van der Waals surface area contributed by atoms with E-state index in [4.69, 9.17) is 10.00 Å². The monoisotopic (exact) mass is 188 g/mol. The maximum atomic E-state index is 8.84. The third-order valence-corrected chi connectivity index (χ3v) is 2.44. The molecule has 1 heterocycles. The second-order valence-corrected chi connectivity index (χ2v) is 3.55. The largest absolute Gasteiger partial charge is 0.471 e. The third kappa shape index (κ3) is 1.29. The zero-order valence-electron chi connectivity index (χ0n) is 8.24. The predicted octanol–water partition coefficient (Wildman–Crippen LogP) is 2.08. The fourth-order valence-corrected chi connectivity index (χ4v) is 1.60. The molecule has 0 spiro atoms. The number of para-hydroxylation sites is 1. The number of benzene rings is 1. The zero-order chi connectivity index (χ0) is 10.1. The molecule has 0 fully saturated rings. The molecule has 0 bridgehead atoms. The van der Waals surface area contributed by atoms with Gasteiger partial charge >= 0.3 is 0 Å². The Morgan fingerprint density at radius 2 is 2.29 bits per heavy atom. The van der Waals surface area contributed by atoms with Crippen LogP contribution in [0.15, 0.2) is 18.2 Å². The molecule has 1 aliphatic heterocycles. The first kappa shape index (κ1) is 8.89. The second kappa shape index (κ2) is 3.22. The summed E-state index contributed by atoms with van der Waals surface area (Å²) in [6.45, 7) is 3.97. The SMILES string of the molecule is Cc1cccc2c1NC(C)C(C#N)O2. The van der Waals surface area contributed by atoms with Gasteiger partial charge in [0, 0.05) is 0 Å². The van der Waals surface area contributed by atoms with E-state index in [9.17, 15) is 0 Å². The minimum absolute atomic E-state index is 0.0357. The van der Waals surface area contributed by atoms with E-state index in [1.54, 1.807) is 0 Å². The molecule has 2 unspecified atom stereocenters. The summed E-state index contributed by atoms with van der Waals surface area (Å²) in [7, 11) is 0. The van der Waals surface area contributed by atoms with E-state index in [0.29, 0.717) is 0 Å². The minimum atomic E-state index is -0.399. The highest BCUT2D eigenvalue weighted by Gasteiger charge is 2.26. The average Bonchev–Trinajstić information content (AvgIpc) is 2.19. The molecule has 14 heavy (non-hydrogen) atoms. The van der Waals surface area contributed by atoms with E-state index < -0.39 is 6.10 Å². The van der Waals surface area contributed by atoms with Gasteiger partial charge in [0.1, 0.15) is 11.8 Å². The number of nitrogens with one attached hydrogen (secondary N) is 1. The highest BCUT2D eigenvalue weighted by atomic mass is 16.5. The number of hydrogen-bond donors (Lipinski definition) is 1. The molecule has 1 aromatic rings. The van der Waals surface area contributed by atoms with Gasteiger partial charge in [-0.3, -0.25) is 0 Å². The zero-order valence-corrected chi connectivity index (χ0v) is 8.24. The van der Waals surface area contributed by atoms with Gasteiger partial charge in [-0.1, -0.05) is 12.1 Å². The van der Waals surface area contributed by atoms with Crippen LogP contribution in [0.2, 0.25) is 0 Å². The van der Waals surface area contributed by atoms with Crippen molar-refractivity contribution in [3.8, 4) is 11.8 Å². The lowest BCUT2D eigenvalue weighted by molar-refractivity contribution is 0.227. The summed E-state index contributed by atoms with van der Waals surface area (Å²) in [6.07, 6.45) is -0.399. The number of aryl methyl sites for hydroxylation is 1. The van der Waals surface area contributed by atoms with Gasteiger partial charge in [-0.2, -0.15) is 5.26 Å². The fourth-order valence-electron chi connectivity index (χ4n) is 1.60. The maximum Gasteiger partial charge on any atom is 0.204 e. The number of nitriles is 1. The molecule has 0 saturated heterocycles. The van der Waals surface area contributed by atoms with Crippen molar-refractivity contribution in [2.45, 2.75) is 26.0 Å². The van der Waals surface area contributed by atoms with Gasteiger partial charge in [0.05, 0.1) is 11.7 Å². The Balaban J connectivity index is 2.41. The molecule has 0 amide bonds. The number of hydrogen-bond acceptors (Lipinski definition) is 3. The van der Waals surface area contributed by atoms with Crippen LogP contribution >= 0.6 is 0 Å². The highest BCUT2D eigenvalue weighted by molar-refractivity contribution is 5.64. The first-order valence-electron chi connectivity index (χ1n) is 4.65. The number of ether oxygens (including phenoxy) is 1. The van der Waals surface area contributed by atoms with E-state index in [1.165, 1.54) is 0 Å². The summed E-state index contributed by atoms with van der Waals surface area (Å²) in [5.41, 5.74) is 2.15. The van der Waals surface area contributed by atoms with Crippen molar-refractivity contribution in [2.75, 3.05) is 5.32 Å². The van der Waals surface area contributed by atoms with Crippen LogP contribution < -0.4 is 10.1 Å². The fraction of sp³-hybridized carbons (Fsp3) is 0.364. The van der Waals surface area contributed by atoms with E-state index in [1.807, 2.05) is 32.0 Å². The molecule has 2 rings (SSSR count). The standard InChI is InChI=1S/C11H12N2O/c1-7-4-3-5-9-11(7)13-8(2)10(6-12)14-9/h3-5,8,10,13H,1-2H3. The quantitative estimate of drug-likeness (QED) is 0.678. The van der Waals surface area contributed by atoms with Gasteiger partial charge in [0.2, 0.25) is 6.10 Å². The van der Waals surface area contributed by atoms with Crippen LogP contribution in [0.4, 0.5) is 5.69 Å². The van der Waals surface area contributed by atoms with Gasteiger partial charge in [0.15, 0.2) is 0 Å². The first-order valence-corrected chi connectivity index (χ1v) is 4.65. The Morgan fingerprint density at radius 1 is 1.50 bits per heavy atom. The van der Waals surface area contributed by atoms with Crippen LogP contribution in [0.25, 0.3) is 0 Å². The van der Waals surface area contributed by atoms with Crippen LogP contribution in [0.5, 0.6) is 5.75 Å². The lowest BCUT2D eigenvalue weighted by Crippen LogP contribution is -2.38. The molecule has 0 radical (unpaired) electrons. The molecule has 1 N–H and O–H groups in total. The third-order valence-electron chi connectivity index (χ3n) is 2.44. The average molecular weight is 188 g/mol. The molecule has 1 aliphatic rings. The molecule has 1 aromatic carbocycles. The van der Waals surface area contributed by atoms with Gasteiger partial charge in [0.25, 0.3) is 0 Å². The van der Waals surface area contributed by atoms with Crippen molar-refractivity contribution in [1.82, 2.24) is 0 Å². The lowest BCUT2D eigenvalue weighted by Gasteiger charge is -2.29. The molecule has 72 valence electrons. The Labute approximate surface area is 83.3 Å². The van der Waals surface area contributed by atoms with Gasteiger partial charge in [-0.05, 0) is 25.5 Å². The summed E-state index contributed by atoms with van der Waals surface area (Å²) in [4.78, 5) is 0. The summed E-state index contributed by atoms with van der Waals surface area (Å²) >= 11 is 0. The normalized spacial score (nSPS) is 24.1. The van der Waals surface area contributed by atoms with Gasteiger partial charge in [-0.15, -0.1) is 0 Å². The highest BCUT2D eigenvalue weighted by Crippen LogP contribution is 2.33. The minimum Gasteiger partial charge on any atom is -0.471 e. The number of rotatable bonds is 0. The molecule has 3 heteroatoms. The molecule has 0 aliphatic carbocycles. The lowest BCUT2D eigenvalue weighted by atomic mass is 10.1. The topological polar surface area (TPSA) is 45.0 Å².